The molecular weight excluding hydrogens is 198 g/mol. The van der Waals surface area contributed by atoms with Crippen molar-refractivity contribution in [1.82, 2.24) is 15.3 Å². The van der Waals surface area contributed by atoms with Crippen molar-refractivity contribution in [3.05, 3.63) is 18.2 Å². The number of nitrogens with one attached hydrogen (secondary N) is 2. The van der Waals surface area contributed by atoms with Crippen LogP contribution in [0.25, 0.3) is 0 Å². The fourth-order valence-electron chi connectivity index (χ4n) is 2.35. The second kappa shape index (κ2) is 6.04. The molecule has 1 aliphatic carbocycles. The van der Waals surface area contributed by atoms with Crippen LogP contribution < -0.4 is 5.32 Å². The van der Waals surface area contributed by atoms with Crippen molar-refractivity contribution in [1.29, 1.82) is 0 Å². The van der Waals surface area contributed by atoms with Crippen molar-refractivity contribution >= 4 is 0 Å². The van der Waals surface area contributed by atoms with Gasteiger partial charge in [0.25, 0.3) is 0 Å². The number of aryl methyl sites for hydroxylation is 1. The molecule has 0 aliphatic heterocycles. The van der Waals surface area contributed by atoms with E-state index in [4.69, 9.17) is 0 Å². The SMILES string of the molecule is CC(CC1CCC1)NCCCc1ncc[nH]1. The molecule has 3 heteroatoms. The molecule has 0 saturated heterocycles. The average Bonchev–Trinajstić information content (AvgIpc) is 2.71. The minimum atomic E-state index is 0.682. The minimum Gasteiger partial charge on any atom is -0.349 e. The first-order valence-electron chi connectivity index (χ1n) is 6.56. The molecule has 1 aliphatic rings. The average molecular weight is 221 g/mol. The molecule has 2 rings (SSSR count). The van der Waals surface area contributed by atoms with Gasteiger partial charge in [-0.1, -0.05) is 19.3 Å². The van der Waals surface area contributed by atoms with Gasteiger partial charge in [-0.05, 0) is 32.2 Å². The lowest BCUT2D eigenvalue weighted by molar-refractivity contribution is 0.266. The highest BCUT2D eigenvalue weighted by Gasteiger charge is 2.19. The van der Waals surface area contributed by atoms with Crippen LogP contribution in [0.15, 0.2) is 12.4 Å². The van der Waals surface area contributed by atoms with Gasteiger partial charge in [0.1, 0.15) is 5.82 Å². The van der Waals surface area contributed by atoms with Crippen molar-refractivity contribution in [3.63, 3.8) is 0 Å². The molecule has 0 bridgehead atoms. The summed E-state index contributed by atoms with van der Waals surface area (Å²) in [4.78, 5) is 7.36. The highest BCUT2D eigenvalue weighted by atomic mass is 14.9. The zero-order valence-electron chi connectivity index (χ0n) is 10.2. The number of imidazole rings is 1. The maximum Gasteiger partial charge on any atom is 0.106 e. The summed E-state index contributed by atoms with van der Waals surface area (Å²) in [6.07, 6.45) is 11.7. The Balaban J connectivity index is 1.50. The standard InChI is InChI=1S/C13H23N3/c1-11(10-12-4-2-5-12)14-7-3-6-13-15-8-9-16-13/h8-9,11-12,14H,2-7,10H2,1H3,(H,15,16). The largest absolute Gasteiger partial charge is 0.349 e. The van der Waals surface area contributed by atoms with Crippen LogP contribution in [0.1, 0.15) is 44.9 Å². The third-order valence-corrected chi connectivity index (χ3v) is 3.55. The van der Waals surface area contributed by atoms with Gasteiger partial charge in [0.2, 0.25) is 0 Å². The van der Waals surface area contributed by atoms with Crippen molar-refractivity contribution in [2.75, 3.05) is 6.54 Å². The highest BCUT2D eigenvalue weighted by molar-refractivity contribution is 4.86. The van der Waals surface area contributed by atoms with Gasteiger partial charge in [0.05, 0.1) is 0 Å². The Bertz CT molecular complexity index is 277. The lowest BCUT2D eigenvalue weighted by atomic mass is 9.81. The second-order valence-corrected chi connectivity index (χ2v) is 5.03. The number of aromatic nitrogens is 2. The molecule has 1 heterocycles. The summed E-state index contributed by atoms with van der Waals surface area (Å²) >= 11 is 0. The normalized spacial score (nSPS) is 18.3. The van der Waals surface area contributed by atoms with Crippen molar-refractivity contribution < 1.29 is 0 Å². The number of rotatable bonds is 7. The first-order valence-corrected chi connectivity index (χ1v) is 6.56. The number of hydrogen-bond donors (Lipinski definition) is 2. The molecule has 1 saturated carbocycles. The molecule has 16 heavy (non-hydrogen) atoms. The molecule has 1 aromatic heterocycles. The second-order valence-electron chi connectivity index (χ2n) is 5.03. The molecule has 1 atom stereocenters. The molecule has 1 fully saturated rings. The quantitative estimate of drug-likeness (QED) is 0.695. The molecular formula is C13H23N3. The topological polar surface area (TPSA) is 40.7 Å². The van der Waals surface area contributed by atoms with Crippen LogP contribution in [-0.2, 0) is 6.42 Å². The number of aromatic amines is 1. The van der Waals surface area contributed by atoms with Crippen molar-refractivity contribution in [2.45, 2.75) is 51.5 Å². The Labute approximate surface area is 98.1 Å². The summed E-state index contributed by atoms with van der Waals surface area (Å²) in [6.45, 7) is 3.42. The van der Waals surface area contributed by atoms with E-state index in [9.17, 15) is 0 Å². The summed E-state index contributed by atoms with van der Waals surface area (Å²) in [5.74, 6) is 2.11. The molecule has 3 nitrogen and oxygen atoms in total. The Hall–Kier alpha value is -0.830. The van der Waals surface area contributed by atoms with Crippen LogP contribution in [0.5, 0.6) is 0 Å². The fourth-order valence-corrected chi connectivity index (χ4v) is 2.35. The smallest absolute Gasteiger partial charge is 0.106 e. The Kier molecular flexibility index (Phi) is 4.40. The lowest BCUT2D eigenvalue weighted by Crippen LogP contribution is -2.31. The third kappa shape index (κ3) is 3.63. The molecule has 0 radical (unpaired) electrons. The van der Waals surface area contributed by atoms with Crippen LogP contribution >= 0.6 is 0 Å². The molecule has 0 amide bonds. The monoisotopic (exact) mass is 221 g/mol. The van der Waals surface area contributed by atoms with E-state index in [-0.39, 0.29) is 0 Å². The summed E-state index contributed by atoms with van der Waals surface area (Å²) < 4.78 is 0. The molecule has 1 aromatic rings. The Morgan fingerprint density at radius 2 is 2.44 bits per heavy atom. The Morgan fingerprint density at radius 1 is 1.56 bits per heavy atom. The molecule has 2 N–H and O–H groups in total. The summed E-state index contributed by atoms with van der Waals surface area (Å²) in [5.41, 5.74) is 0. The van der Waals surface area contributed by atoms with Gasteiger partial charge >= 0.3 is 0 Å². The van der Waals surface area contributed by atoms with Crippen LogP contribution in [0, 0.1) is 5.92 Å². The number of hydrogen-bond acceptors (Lipinski definition) is 2. The molecule has 1 unspecified atom stereocenters. The van der Waals surface area contributed by atoms with E-state index < -0.39 is 0 Å². The third-order valence-electron chi connectivity index (χ3n) is 3.55. The first kappa shape index (κ1) is 11.6. The van der Waals surface area contributed by atoms with E-state index >= 15 is 0 Å². The summed E-state index contributed by atoms with van der Waals surface area (Å²) in [7, 11) is 0. The van der Waals surface area contributed by atoms with Crippen molar-refractivity contribution in [3.8, 4) is 0 Å². The molecule has 90 valence electrons. The summed E-state index contributed by atoms with van der Waals surface area (Å²) in [5, 5.41) is 3.60. The fraction of sp³-hybridized carbons (Fsp3) is 0.769. The van der Waals surface area contributed by atoms with E-state index in [1.807, 2.05) is 12.4 Å². The van der Waals surface area contributed by atoms with Crippen molar-refractivity contribution in [2.24, 2.45) is 5.92 Å². The first-order chi connectivity index (χ1) is 7.84. The van der Waals surface area contributed by atoms with Crippen LogP contribution in [0.3, 0.4) is 0 Å². The molecule has 0 spiro atoms. The molecule has 0 aromatic carbocycles. The zero-order chi connectivity index (χ0) is 11.2. The zero-order valence-corrected chi connectivity index (χ0v) is 10.2. The Morgan fingerprint density at radius 3 is 3.06 bits per heavy atom. The van der Waals surface area contributed by atoms with E-state index in [0.29, 0.717) is 6.04 Å². The van der Waals surface area contributed by atoms with Gasteiger partial charge in [-0.3, -0.25) is 0 Å². The van der Waals surface area contributed by atoms with Gasteiger partial charge in [-0.15, -0.1) is 0 Å². The lowest BCUT2D eigenvalue weighted by Gasteiger charge is -2.28. The maximum absolute atomic E-state index is 4.22. The van der Waals surface area contributed by atoms with E-state index in [1.54, 1.807) is 0 Å². The van der Waals surface area contributed by atoms with E-state index in [2.05, 4.69) is 22.2 Å². The predicted octanol–water partition coefficient (Wildman–Crippen LogP) is 2.51. The van der Waals surface area contributed by atoms with Gasteiger partial charge < -0.3 is 10.3 Å². The maximum atomic E-state index is 4.22. The highest BCUT2D eigenvalue weighted by Crippen LogP contribution is 2.30. The summed E-state index contributed by atoms with van der Waals surface area (Å²) in [6, 6.07) is 0.682. The van der Waals surface area contributed by atoms with E-state index in [1.165, 1.54) is 32.1 Å². The van der Waals surface area contributed by atoms with Gasteiger partial charge in [0.15, 0.2) is 0 Å². The minimum absolute atomic E-state index is 0.682. The van der Waals surface area contributed by atoms with Crippen LogP contribution in [0.4, 0.5) is 0 Å². The van der Waals surface area contributed by atoms with Crippen LogP contribution in [-0.4, -0.2) is 22.6 Å². The van der Waals surface area contributed by atoms with Gasteiger partial charge in [-0.2, -0.15) is 0 Å². The van der Waals surface area contributed by atoms with Gasteiger partial charge in [0, 0.05) is 24.9 Å². The van der Waals surface area contributed by atoms with Crippen LogP contribution in [0.2, 0.25) is 0 Å². The van der Waals surface area contributed by atoms with Gasteiger partial charge in [-0.25, -0.2) is 4.98 Å². The number of H-pyrrole nitrogens is 1. The van der Waals surface area contributed by atoms with E-state index in [0.717, 1.165) is 24.7 Å². The number of nitrogens with zero attached hydrogens (tertiary/aromatic N) is 1. The predicted molar refractivity (Wildman–Crippen MR) is 66.3 cm³/mol.